The zero-order chi connectivity index (χ0) is 18.8. The zero-order valence-corrected chi connectivity index (χ0v) is 16.1. The maximum Gasteiger partial charge on any atom is 0.127 e. The molecule has 0 saturated carbocycles. The SMILES string of the molecule is C1=C(CN2CCN(CC3=Cc4ccccc4OC3)CC2)COc2ccccc21. The van der Waals surface area contributed by atoms with Gasteiger partial charge in [0.2, 0.25) is 0 Å². The fourth-order valence-corrected chi connectivity index (χ4v) is 4.19. The van der Waals surface area contributed by atoms with E-state index in [-0.39, 0.29) is 0 Å². The van der Waals surface area contributed by atoms with Gasteiger partial charge in [-0.25, -0.2) is 0 Å². The molecule has 2 aromatic rings. The first kappa shape index (κ1) is 17.5. The largest absolute Gasteiger partial charge is 0.489 e. The van der Waals surface area contributed by atoms with Crippen LogP contribution in [0.2, 0.25) is 0 Å². The van der Waals surface area contributed by atoms with Gasteiger partial charge in [0.1, 0.15) is 24.7 Å². The summed E-state index contributed by atoms with van der Waals surface area (Å²) in [5, 5.41) is 0. The van der Waals surface area contributed by atoms with Gasteiger partial charge in [-0.05, 0) is 35.4 Å². The number of hydrogen-bond donors (Lipinski definition) is 0. The summed E-state index contributed by atoms with van der Waals surface area (Å²) < 4.78 is 11.8. The topological polar surface area (TPSA) is 24.9 Å². The minimum Gasteiger partial charge on any atom is -0.489 e. The first-order chi connectivity index (χ1) is 13.8. The molecule has 0 amide bonds. The number of hydrogen-bond acceptors (Lipinski definition) is 4. The zero-order valence-electron chi connectivity index (χ0n) is 16.1. The first-order valence-electron chi connectivity index (χ1n) is 10.1. The molecule has 1 fully saturated rings. The van der Waals surface area contributed by atoms with Gasteiger partial charge in [-0.15, -0.1) is 0 Å². The fraction of sp³-hybridized carbons (Fsp3) is 0.333. The Hall–Kier alpha value is -2.56. The number of para-hydroxylation sites is 2. The Morgan fingerprint density at radius 3 is 1.50 bits per heavy atom. The van der Waals surface area contributed by atoms with Crippen molar-refractivity contribution in [2.45, 2.75) is 0 Å². The van der Waals surface area contributed by atoms with Crippen LogP contribution < -0.4 is 9.47 Å². The lowest BCUT2D eigenvalue weighted by molar-refractivity contribution is 0.143. The molecule has 3 aliphatic rings. The van der Waals surface area contributed by atoms with Gasteiger partial charge in [0.05, 0.1) is 0 Å². The third-order valence-electron chi connectivity index (χ3n) is 5.70. The van der Waals surface area contributed by atoms with Gasteiger partial charge in [0.15, 0.2) is 0 Å². The number of benzene rings is 2. The molecule has 4 heteroatoms. The quantitative estimate of drug-likeness (QED) is 0.817. The van der Waals surface area contributed by atoms with Crippen LogP contribution in [0.5, 0.6) is 11.5 Å². The van der Waals surface area contributed by atoms with E-state index in [2.05, 4.69) is 46.2 Å². The monoisotopic (exact) mass is 374 g/mol. The van der Waals surface area contributed by atoms with Gasteiger partial charge in [-0.2, -0.15) is 0 Å². The minimum atomic E-state index is 0.709. The molecular weight excluding hydrogens is 348 g/mol. The molecule has 5 rings (SSSR count). The molecule has 28 heavy (non-hydrogen) atoms. The van der Waals surface area contributed by atoms with Crippen LogP contribution in [0, 0.1) is 0 Å². The summed E-state index contributed by atoms with van der Waals surface area (Å²) in [6.07, 6.45) is 4.60. The van der Waals surface area contributed by atoms with Crippen molar-refractivity contribution in [3.63, 3.8) is 0 Å². The van der Waals surface area contributed by atoms with Crippen molar-refractivity contribution in [2.75, 3.05) is 52.5 Å². The Balaban J connectivity index is 1.15. The molecule has 1 saturated heterocycles. The molecule has 0 spiro atoms. The van der Waals surface area contributed by atoms with Gasteiger partial charge in [-0.3, -0.25) is 9.80 Å². The van der Waals surface area contributed by atoms with Crippen LogP contribution in [-0.2, 0) is 0 Å². The van der Waals surface area contributed by atoms with E-state index in [1.165, 1.54) is 22.3 Å². The molecule has 0 N–H and O–H groups in total. The van der Waals surface area contributed by atoms with Crippen LogP contribution in [0.3, 0.4) is 0 Å². The average molecular weight is 374 g/mol. The van der Waals surface area contributed by atoms with Crippen molar-refractivity contribution in [1.29, 1.82) is 0 Å². The van der Waals surface area contributed by atoms with Crippen LogP contribution in [0.4, 0.5) is 0 Å². The molecule has 0 unspecified atom stereocenters. The molecule has 144 valence electrons. The molecular formula is C24H26N2O2. The predicted octanol–water partition coefficient (Wildman–Crippen LogP) is 3.56. The summed E-state index contributed by atoms with van der Waals surface area (Å²) in [6.45, 7) is 7.82. The third kappa shape index (κ3) is 3.84. The summed E-state index contributed by atoms with van der Waals surface area (Å²) in [5.41, 5.74) is 5.14. The van der Waals surface area contributed by atoms with Crippen LogP contribution in [-0.4, -0.2) is 62.3 Å². The van der Waals surface area contributed by atoms with E-state index in [1.807, 2.05) is 24.3 Å². The van der Waals surface area contributed by atoms with Gasteiger partial charge >= 0.3 is 0 Å². The average Bonchev–Trinajstić information content (AvgIpc) is 2.75. The predicted molar refractivity (Wildman–Crippen MR) is 113 cm³/mol. The minimum absolute atomic E-state index is 0.709. The van der Waals surface area contributed by atoms with Crippen molar-refractivity contribution < 1.29 is 9.47 Å². The number of ether oxygens (including phenoxy) is 2. The first-order valence-corrected chi connectivity index (χ1v) is 10.1. The lowest BCUT2D eigenvalue weighted by Gasteiger charge is -2.36. The summed E-state index contributed by atoms with van der Waals surface area (Å²) in [4.78, 5) is 5.08. The van der Waals surface area contributed by atoms with Crippen molar-refractivity contribution in [3.05, 3.63) is 70.8 Å². The lowest BCUT2D eigenvalue weighted by atomic mass is 10.1. The van der Waals surface area contributed by atoms with Crippen molar-refractivity contribution in [3.8, 4) is 11.5 Å². The van der Waals surface area contributed by atoms with Gasteiger partial charge in [0.25, 0.3) is 0 Å². The Morgan fingerprint density at radius 1 is 0.607 bits per heavy atom. The standard InChI is InChI=1S/C24H26N2O2/c1-3-7-23-21(5-1)13-19(17-27-23)15-25-9-11-26(12-10-25)16-20-14-22-6-2-4-8-24(22)28-18-20/h1-8,13-14H,9-12,15-18H2. The molecule has 0 atom stereocenters. The molecule has 2 aromatic carbocycles. The van der Waals surface area contributed by atoms with Crippen molar-refractivity contribution >= 4 is 12.2 Å². The summed E-state index contributed by atoms with van der Waals surface area (Å²) in [6, 6.07) is 16.6. The molecule has 3 heterocycles. The Kier molecular flexibility index (Phi) is 4.90. The van der Waals surface area contributed by atoms with Crippen LogP contribution >= 0.6 is 0 Å². The highest BCUT2D eigenvalue weighted by atomic mass is 16.5. The Morgan fingerprint density at radius 2 is 1.04 bits per heavy atom. The molecule has 0 radical (unpaired) electrons. The van der Waals surface area contributed by atoms with Gasteiger partial charge in [0, 0.05) is 50.4 Å². The number of piperazine rings is 1. The number of fused-ring (bicyclic) bond motifs is 2. The number of rotatable bonds is 4. The second-order valence-corrected chi connectivity index (χ2v) is 7.81. The van der Waals surface area contributed by atoms with Gasteiger partial charge in [-0.1, -0.05) is 36.4 Å². The lowest BCUT2D eigenvalue weighted by Crippen LogP contribution is -2.47. The van der Waals surface area contributed by atoms with E-state index in [4.69, 9.17) is 9.47 Å². The van der Waals surface area contributed by atoms with E-state index >= 15 is 0 Å². The second-order valence-electron chi connectivity index (χ2n) is 7.81. The normalized spacial score (nSPS) is 19.6. The second kappa shape index (κ2) is 7.82. The van der Waals surface area contributed by atoms with Gasteiger partial charge < -0.3 is 9.47 Å². The molecule has 0 aromatic heterocycles. The highest BCUT2D eigenvalue weighted by Gasteiger charge is 2.21. The molecule has 3 aliphatic heterocycles. The highest BCUT2D eigenvalue weighted by molar-refractivity contribution is 5.63. The van der Waals surface area contributed by atoms with Crippen LogP contribution in [0.15, 0.2) is 59.7 Å². The van der Waals surface area contributed by atoms with E-state index < -0.39 is 0 Å². The van der Waals surface area contributed by atoms with E-state index in [0.29, 0.717) is 13.2 Å². The number of nitrogens with zero attached hydrogens (tertiary/aromatic N) is 2. The summed E-state index contributed by atoms with van der Waals surface area (Å²) >= 11 is 0. The molecule has 4 nitrogen and oxygen atoms in total. The van der Waals surface area contributed by atoms with E-state index in [1.54, 1.807) is 0 Å². The summed E-state index contributed by atoms with van der Waals surface area (Å²) in [5.74, 6) is 2.00. The Bertz CT molecular complexity index is 835. The maximum atomic E-state index is 5.90. The smallest absolute Gasteiger partial charge is 0.127 e. The van der Waals surface area contributed by atoms with Crippen LogP contribution in [0.1, 0.15) is 11.1 Å². The van der Waals surface area contributed by atoms with Crippen LogP contribution in [0.25, 0.3) is 12.2 Å². The third-order valence-corrected chi connectivity index (χ3v) is 5.70. The van der Waals surface area contributed by atoms with E-state index in [9.17, 15) is 0 Å². The molecule has 0 bridgehead atoms. The summed E-state index contributed by atoms with van der Waals surface area (Å²) in [7, 11) is 0. The van der Waals surface area contributed by atoms with E-state index in [0.717, 1.165) is 50.8 Å². The fourth-order valence-electron chi connectivity index (χ4n) is 4.19. The highest BCUT2D eigenvalue weighted by Crippen LogP contribution is 2.27. The Labute approximate surface area is 166 Å². The van der Waals surface area contributed by atoms with Crippen molar-refractivity contribution in [1.82, 2.24) is 9.80 Å². The van der Waals surface area contributed by atoms with Crippen molar-refractivity contribution in [2.24, 2.45) is 0 Å². The molecule has 0 aliphatic carbocycles. The maximum absolute atomic E-state index is 5.90.